The molecule has 0 aromatic heterocycles. The third-order valence-electron chi connectivity index (χ3n) is 6.81. The molecule has 42 heavy (non-hydrogen) atoms. The molecule has 0 aliphatic carbocycles. The van der Waals surface area contributed by atoms with E-state index in [1.807, 2.05) is 6.07 Å². The zero-order chi connectivity index (χ0) is 30.2. The number of unbranched alkanes of at least 4 members (excludes halogenated alkanes) is 2. The Bertz CT molecular complexity index is 1490. The number of imide groups is 1. The predicted molar refractivity (Wildman–Crippen MR) is 147 cm³/mol. The summed E-state index contributed by atoms with van der Waals surface area (Å²) in [5.41, 5.74) is -0.103. The number of fused-ring (bicyclic) bond motifs is 1. The van der Waals surface area contributed by atoms with Gasteiger partial charge in [0.2, 0.25) is 0 Å². The molecule has 0 spiro atoms. The number of carbonyl (C=O) groups excluding carboxylic acids is 4. The maximum Gasteiger partial charge on any atom is 0.311 e. The van der Waals surface area contributed by atoms with E-state index in [1.165, 1.54) is 37.5 Å². The summed E-state index contributed by atoms with van der Waals surface area (Å²) in [5, 5.41) is 20.8. The van der Waals surface area contributed by atoms with E-state index in [1.54, 1.807) is 17.0 Å². The van der Waals surface area contributed by atoms with Gasteiger partial charge in [-0.2, -0.15) is 5.26 Å². The molecule has 0 unspecified atom stereocenters. The molecule has 13 heteroatoms. The van der Waals surface area contributed by atoms with Gasteiger partial charge < -0.3 is 19.1 Å². The van der Waals surface area contributed by atoms with Crippen molar-refractivity contribution >= 4 is 35.5 Å². The molecule has 0 bridgehead atoms. The van der Waals surface area contributed by atoms with E-state index in [0.29, 0.717) is 51.1 Å². The van der Waals surface area contributed by atoms with Crippen molar-refractivity contribution in [1.29, 1.82) is 5.26 Å². The Labute approximate surface area is 241 Å². The van der Waals surface area contributed by atoms with E-state index in [9.17, 15) is 34.6 Å². The molecule has 4 rings (SSSR count). The second-order valence-corrected chi connectivity index (χ2v) is 9.49. The van der Waals surface area contributed by atoms with Gasteiger partial charge in [-0.1, -0.05) is 18.6 Å². The summed E-state index contributed by atoms with van der Waals surface area (Å²) in [5.74, 6) is -1.76. The van der Waals surface area contributed by atoms with E-state index < -0.39 is 28.4 Å². The predicted octanol–water partition coefficient (Wildman–Crippen LogP) is 3.13. The standard InChI is InChI=1S/C29H28N4O9/c1-40-24-17-19(16-20(18-30)27(35)31-12-14-41-15-13-31)9-10-23(24)42-25(34)8-3-2-4-11-32-28(36)21-6-5-7-22(33(38)39)26(21)29(32)37/h5-7,9-10,16-17H,2-4,8,11-15H2,1H3/b20-16+. The maximum absolute atomic E-state index is 12.7. The van der Waals surface area contributed by atoms with Gasteiger partial charge in [-0.05, 0) is 42.7 Å². The zero-order valence-corrected chi connectivity index (χ0v) is 22.9. The Hall–Kier alpha value is -5.09. The minimum atomic E-state index is -0.695. The molecule has 0 saturated carbocycles. The number of morpholine rings is 1. The van der Waals surface area contributed by atoms with Crippen LogP contribution in [0.3, 0.4) is 0 Å². The number of benzene rings is 2. The van der Waals surface area contributed by atoms with Crippen LogP contribution in [0.2, 0.25) is 0 Å². The lowest BCUT2D eigenvalue weighted by atomic mass is 10.1. The number of carbonyl (C=O) groups is 4. The molecule has 2 heterocycles. The van der Waals surface area contributed by atoms with E-state index in [4.69, 9.17) is 14.2 Å². The molecule has 2 aromatic rings. The second kappa shape index (κ2) is 13.5. The van der Waals surface area contributed by atoms with Gasteiger partial charge in [0.15, 0.2) is 11.5 Å². The molecule has 0 N–H and O–H groups in total. The van der Waals surface area contributed by atoms with E-state index >= 15 is 0 Å². The highest BCUT2D eigenvalue weighted by atomic mass is 16.6. The minimum absolute atomic E-state index is 0.0146. The molecule has 218 valence electrons. The Morgan fingerprint density at radius 1 is 1.10 bits per heavy atom. The van der Waals surface area contributed by atoms with Crippen LogP contribution < -0.4 is 9.47 Å². The summed E-state index contributed by atoms with van der Waals surface area (Å²) in [4.78, 5) is 63.4. The fourth-order valence-corrected chi connectivity index (χ4v) is 4.66. The first-order chi connectivity index (χ1) is 20.2. The largest absolute Gasteiger partial charge is 0.493 e. The van der Waals surface area contributed by atoms with Crippen LogP contribution in [-0.4, -0.2) is 78.4 Å². The van der Waals surface area contributed by atoms with Crippen LogP contribution in [0, 0.1) is 21.4 Å². The van der Waals surface area contributed by atoms with Gasteiger partial charge in [0.05, 0.1) is 30.8 Å². The molecule has 0 atom stereocenters. The first kappa shape index (κ1) is 29.9. The van der Waals surface area contributed by atoms with Crippen LogP contribution >= 0.6 is 0 Å². The van der Waals surface area contributed by atoms with Crippen LogP contribution in [0.1, 0.15) is 52.0 Å². The molecular weight excluding hydrogens is 548 g/mol. The van der Waals surface area contributed by atoms with Crippen LogP contribution in [0.25, 0.3) is 6.08 Å². The van der Waals surface area contributed by atoms with Gasteiger partial charge in [0, 0.05) is 32.1 Å². The highest BCUT2D eigenvalue weighted by Gasteiger charge is 2.40. The Balaban J connectivity index is 1.27. The van der Waals surface area contributed by atoms with Crippen LogP contribution in [-0.2, 0) is 14.3 Å². The summed E-state index contributed by atoms with van der Waals surface area (Å²) in [6.45, 7) is 1.71. The van der Waals surface area contributed by atoms with Gasteiger partial charge in [-0.25, -0.2) is 0 Å². The number of ether oxygens (including phenoxy) is 3. The molecule has 2 aliphatic rings. The van der Waals surface area contributed by atoms with Crippen molar-refractivity contribution in [1.82, 2.24) is 9.80 Å². The normalized spacial score (nSPS) is 14.8. The quantitative estimate of drug-likeness (QED) is 0.0566. The number of nitrogens with zero attached hydrogens (tertiary/aromatic N) is 4. The van der Waals surface area contributed by atoms with Crippen molar-refractivity contribution < 1.29 is 38.3 Å². The Kier molecular flexibility index (Phi) is 9.61. The average Bonchev–Trinajstić information content (AvgIpc) is 3.25. The minimum Gasteiger partial charge on any atom is -0.493 e. The van der Waals surface area contributed by atoms with Crippen molar-refractivity contribution in [3.8, 4) is 17.6 Å². The molecule has 2 aliphatic heterocycles. The third-order valence-corrected chi connectivity index (χ3v) is 6.81. The highest BCUT2D eigenvalue weighted by molar-refractivity contribution is 6.23. The van der Waals surface area contributed by atoms with Crippen LogP contribution in [0.4, 0.5) is 5.69 Å². The molecule has 1 saturated heterocycles. The SMILES string of the molecule is COc1cc(/C=C(\C#N)C(=O)N2CCOCC2)ccc1OC(=O)CCCCCN1C(=O)c2cccc([N+](=O)[O-])c2C1=O. The molecule has 13 nitrogen and oxygen atoms in total. The van der Waals surface area contributed by atoms with Crippen molar-refractivity contribution in [3.63, 3.8) is 0 Å². The number of nitro benzene ring substituents is 1. The van der Waals surface area contributed by atoms with Crippen molar-refractivity contribution in [2.45, 2.75) is 25.7 Å². The van der Waals surface area contributed by atoms with Crippen LogP contribution in [0.15, 0.2) is 42.0 Å². The lowest BCUT2D eigenvalue weighted by Gasteiger charge is -2.26. The third kappa shape index (κ3) is 6.61. The van der Waals surface area contributed by atoms with Gasteiger partial charge in [0.1, 0.15) is 17.2 Å². The molecule has 2 aromatic carbocycles. The number of hydrogen-bond donors (Lipinski definition) is 0. The van der Waals surface area contributed by atoms with Gasteiger partial charge in [-0.15, -0.1) is 0 Å². The summed E-state index contributed by atoms with van der Waals surface area (Å²) in [6, 6.07) is 10.6. The molecule has 3 amide bonds. The highest BCUT2D eigenvalue weighted by Crippen LogP contribution is 2.31. The van der Waals surface area contributed by atoms with Gasteiger partial charge >= 0.3 is 5.97 Å². The monoisotopic (exact) mass is 576 g/mol. The van der Waals surface area contributed by atoms with Gasteiger partial charge in [0.25, 0.3) is 23.4 Å². The maximum atomic E-state index is 12.7. The molecular formula is C29H28N4O9. The van der Waals surface area contributed by atoms with E-state index in [2.05, 4.69) is 0 Å². The summed E-state index contributed by atoms with van der Waals surface area (Å²) < 4.78 is 16.0. The summed E-state index contributed by atoms with van der Waals surface area (Å²) in [6.07, 6.45) is 2.82. The number of hydrogen-bond acceptors (Lipinski definition) is 10. The van der Waals surface area contributed by atoms with Crippen molar-refractivity contribution in [2.24, 2.45) is 0 Å². The smallest absolute Gasteiger partial charge is 0.311 e. The van der Waals surface area contributed by atoms with Crippen molar-refractivity contribution in [3.05, 3.63) is 68.8 Å². The fraction of sp³-hybridized carbons (Fsp3) is 0.345. The second-order valence-electron chi connectivity index (χ2n) is 9.49. The lowest BCUT2D eigenvalue weighted by molar-refractivity contribution is -0.385. The van der Waals surface area contributed by atoms with Crippen LogP contribution in [0.5, 0.6) is 11.5 Å². The average molecular weight is 577 g/mol. The number of rotatable bonds is 11. The van der Waals surface area contributed by atoms with E-state index in [-0.39, 0.29) is 47.1 Å². The molecule has 1 fully saturated rings. The first-order valence-electron chi connectivity index (χ1n) is 13.3. The lowest BCUT2D eigenvalue weighted by Crippen LogP contribution is -2.41. The van der Waals surface area contributed by atoms with Gasteiger partial charge in [-0.3, -0.25) is 34.2 Å². The van der Waals surface area contributed by atoms with E-state index in [0.717, 1.165) is 4.90 Å². The number of nitriles is 1. The number of nitro groups is 1. The first-order valence-corrected chi connectivity index (χ1v) is 13.3. The Morgan fingerprint density at radius 3 is 2.55 bits per heavy atom. The topological polar surface area (TPSA) is 169 Å². The fourth-order valence-electron chi connectivity index (χ4n) is 4.66. The van der Waals surface area contributed by atoms with Crippen molar-refractivity contribution in [2.75, 3.05) is 40.0 Å². The number of methoxy groups -OCH3 is 1. The summed E-state index contributed by atoms with van der Waals surface area (Å²) in [7, 11) is 1.40. The molecule has 0 radical (unpaired) electrons. The number of esters is 1. The summed E-state index contributed by atoms with van der Waals surface area (Å²) >= 11 is 0. The zero-order valence-electron chi connectivity index (χ0n) is 22.9. The number of amides is 3. The Morgan fingerprint density at radius 2 is 1.86 bits per heavy atom.